The summed E-state index contributed by atoms with van der Waals surface area (Å²) in [5, 5.41) is 13.9. The summed E-state index contributed by atoms with van der Waals surface area (Å²) >= 11 is 0. The monoisotopic (exact) mass is 271 g/mol. The predicted molar refractivity (Wildman–Crippen MR) is 68.0 cm³/mol. The molecule has 1 atom stereocenters. The second-order valence-electron chi connectivity index (χ2n) is 4.13. The quantitative estimate of drug-likeness (QED) is 0.791. The van der Waals surface area contributed by atoms with Crippen LogP contribution in [-0.4, -0.2) is 20.2 Å². The van der Waals surface area contributed by atoms with Crippen molar-refractivity contribution >= 4 is 0 Å². The van der Waals surface area contributed by atoms with E-state index < -0.39 is 11.9 Å². The Morgan fingerprint density at radius 3 is 2.60 bits per heavy atom. The Morgan fingerprint density at radius 1 is 1.10 bits per heavy atom. The van der Waals surface area contributed by atoms with E-state index >= 15 is 0 Å². The molecule has 0 aliphatic rings. The van der Waals surface area contributed by atoms with Crippen molar-refractivity contribution < 1.29 is 14.0 Å². The second-order valence-corrected chi connectivity index (χ2v) is 4.13. The molecule has 6 heteroatoms. The Balaban J connectivity index is 1.89. The maximum Gasteiger partial charge on any atom is 0.260 e. The molecule has 0 aliphatic heterocycles. The fourth-order valence-electron chi connectivity index (χ4n) is 1.74. The van der Waals surface area contributed by atoms with Gasteiger partial charge in [0.2, 0.25) is 5.82 Å². The number of nitrogens with zero attached hydrogens (tertiary/aromatic N) is 3. The van der Waals surface area contributed by atoms with Gasteiger partial charge in [0.15, 0.2) is 6.10 Å². The highest BCUT2D eigenvalue weighted by Gasteiger charge is 2.19. The van der Waals surface area contributed by atoms with Gasteiger partial charge in [0.05, 0.1) is 6.20 Å². The Bertz CT molecular complexity index is 698. The van der Waals surface area contributed by atoms with Crippen LogP contribution in [0, 0.1) is 5.82 Å². The lowest BCUT2D eigenvalue weighted by Crippen LogP contribution is -1.99. The van der Waals surface area contributed by atoms with Gasteiger partial charge in [-0.2, -0.15) is 4.98 Å². The van der Waals surface area contributed by atoms with Crippen molar-refractivity contribution in [2.75, 3.05) is 0 Å². The van der Waals surface area contributed by atoms with Crippen LogP contribution < -0.4 is 0 Å². The molecule has 100 valence electrons. The molecular weight excluding hydrogens is 261 g/mol. The van der Waals surface area contributed by atoms with E-state index in [1.54, 1.807) is 24.3 Å². The fourth-order valence-corrected chi connectivity index (χ4v) is 1.74. The number of aliphatic hydroxyl groups is 1. The molecule has 1 unspecified atom stereocenters. The first-order valence-corrected chi connectivity index (χ1v) is 5.92. The number of benzene rings is 1. The third kappa shape index (κ3) is 2.41. The van der Waals surface area contributed by atoms with Gasteiger partial charge in [-0.05, 0) is 17.7 Å². The van der Waals surface area contributed by atoms with Gasteiger partial charge in [0, 0.05) is 0 Å². The molecule has 5 nitrogen and oxygen atoms in total. The van der Waals surface area contributed by atoms with Gasteiger partial charge in [0.1, 0.15) is 11.5 Å². The second kappa shape index (κ2) is 5.18. The third-order valence-corrected chi connectivity index (χ3v) is 2.75. The summed E-state index contributed by atoms with van der Waals surface area (Å²) in [6, 6.07) is 11.7. The van der Waals surface area contributed by atoms with E-state index in [9.17, 15) is 9.50 Å². The SMILES string of the molecule is OC(c1ccccc1)c1nc(-c2ccc(F)cn2)no1. The van der Waals surface area contributed by atoms with E-state index in [4.69, 9.17) is 4.52 Å². The molecule has 0 spiro atoms. The molecule has 0 saturated heterocycles. The maximum atomic E-state index is 12.8. The predicted octanol–water partition coefficient (Wildman–Crippen LogP) is 2.35. The maximum absolute atomic E-state index is 12.8. The van der Waals surface area contributed by atoms with E-state index in [2.05, 4.69) is 15.1 Å². The number of rotatable bonds is 3. The lowest BCUT2D eigenvalue weighted by Gasteiger charge is -2.04. The number of pyridine rings is 1. The zero-order valence-corrected chi connectivity index (χ0v) is 10.3. The van der Waals surface area contributed by atoms with E-state index in [0.29, 0.717) is 11.3 Å². The number of aromatic nitrogens is 3. The molecule has 0 radical (unpaired) electrons. The molecule has 0 aliphatic carbocycles. The Labute approximate surface area is 113 Å². The zero-order chi connectivity index (χ0) is 13.9. The summed E-state index contributed by atoms with van der Waals surface area (Å²) < 4.78 is 17.8. The normalized spacial score (nSPS) is 12.3. The lowest BCUT2D eigenvalue weighted by molar-refractivity contribution is 0.170. The molecule has 1 N–H and O–H groups in total. The van der Waals surface area contributed by atoms with Crippen LogP contribution in [0.4, 0.5) is 4.39 Å². The molecule has 1 aromatic carbocycles. The van der Waals surface area contributed by atoms with Crippen LogP contribution >= 0.6 is 0 Å². The van der Waals surface area contributed by atoms with Crippen molar-refractivity contribution in [2.24, 2.45) is 0 Å². The third-order valence-electron chi connectivity index (χ3n) is 2.75. The highest BCUT2D eigenvalue weighted by atomic mass is 19.1. The van der Waals surface area contributed by atoms with Crippen LogP contribution in [0.15, 0.2) is 53.2 Å². The van der Waals surface area contributed by atoms with Gasteiger partial charge in [-0.1, -0.05) is 35.5 Å². The summed E-state index contributed by atoms with van der Waals surface area (Å²) in [6.07, 6.45) is 0.0665. The molecule has 0 amide bonds. The van der Waals surface area contributed by atoms with Crippen molar-refractivity contribution in [3.05, 3.63) is 65.9 Å². The largest absolute Gasteiger partial charge is 0.378 e. The topological polar surface area (TPSA) is 72.0 Å². The first-order chi connectivity index (χ1) is 9.74. The molecule has 3 rings (SSSR count). The molecule has 2 heterocycles. The van der Waals surface area contributed by atoms with Crippen molar-refractivity contribution in [2.45, 2.75) is 6.10 Å². The lowest BCUT2D eigenvalue weighted by atomic mass is 10.1. The number of hydrogen-bond donors (Lipinski definition) is 1. The zero-order valence-electron chi connectivity index (χ0n) is 10.3. The van der Waals surface area contributed by atoms with Crippen molar-refractivity contribution in [3.63, 3.8) is 0 Å². The Hall–Kier alpha value is -2.60. The van der Waals surface area contributed by atoms with E-state index in [1.165, 1.54) is 12.1 Å². The van der Waals surface area contributed by atoms with Crippen LogP contribution in [0.25, 0.3) is 11.5 Å². The fraction of sp³-hybridized carbons (Fsp3) is 0.0714. The molecular formula is C14H10FN3O2. The number of aliphatic hydroxyl groups excluding tert-OH is 1. The van der Waals surface area contributed by atoms with Gasteiger partial charge >= 0.3 is 0 Å². The summed E-state index contributed by atoms with van der Waals surface area (Å²) in [4.78, 5) is 7.93. The minimum Gasteiger partial charge on any atom is -0.378 e. The van der Waals surface area contributed by atoms with Gasteiger partial charge in [-0.15, -0.1) is 0 Å². The smallest absolute Gasteiger partial charge is 0.260 e. The van der Waals surface area contributed by atoms with Crippen LogP contribution in [0.2, 0.25) is 0 Å². The van der Waals surface area contributed by atoms with E-state index in [0.717, 1.165) is 6.20 Å². The average Bonchev–Trinajstić information content (AvgIpc) is 2.98. The van der Waals surface area contributed by atoms with Gasteiger partial charge in [-0.3, -0.25) is 0 Å². The Kier molecular flexibility index (Phi) is 3.22. The summed E-state index contributed by atoms with van der Waals surface area (Å²) in [7, 11) is 0. The van der Waals surface area contributed by atoms with Crippen LogP contribution in [0.3, 0.4) is 0 Å². The molecule has 0 saturated carbocycles. The van der Waals surface area contributed by atoms with Crippen LogP contribution in [0.1, 0.15) is 17.6 Å². The van der Waals surface area contributed by atoms with Gasteiger partial charge < -0.3 is 9.63 Å². The number of halogens is 1. The highest BCUT2D eigenvalue weighted by molar-refractivity contribution is 5.47. The minimum absolute atomic E-state index is 0.0670. The first kappa shape index (κ1) is 12.4. The molecule has 0 fully saturated rings. The van der Waals surface area contributed by atoms with E-state index in [1.807, 2.05) is 6.07 Å². The highest BCUT2D eigenvalue weighted by Crippen LogP contribution is 2.22. The number of hydrogen-bond acceptors (Lipinski definition) is 5. The van der Waals surface area contributed by atoms with Gasteiger partial charge in [-0.25, -0.2) is 9.37 Å². The minimum atomic E-state index is -1.00. The standard InChI is InChI=1S/C14H10FN3O2/c15-10-6-7-11(16-8-10)13-17-14(20-18-13)12(19)9-4-2-1-3-5-9/h1-8,12,19H. The molecule has 0 bridgehead atoms. The molecule has 20 heavy (non-hydrogen) atoms. The average molecular weight is 271 g/mol. The van der Waals surface area contributed by atoms with Crippen LogP contribution in [-0.2, 0) is 0 Å². The summed E-state index contributed by atoms with van der Waals surface area (Å²) in [5.74, 6) is -0.172. The van der Waals surface area contributed by atoms with E-state index in [-0.39, 0.29) is 11.7 Å². The van der Waals surface area contributed by atoms with Crippen molar-refractivity contribution in [1.29, 1.82) is 0 Å². The summed E-state index contributed by atoms with van der Waals surface area (Å²) in [6.45, 7) is 0. The molecule has 3 aromatic rings. The Morgan fingerprint density at radius 2 is 1.90 bits per heavy atom. The van der Waals surface area contributed by atoms with Gasteiger partial charge in [0.25, 0.3) is 5.89 Å². The van der Waals surface area contributed by atoms with Crippen molar-refractivity contribution in [1.82, 2.24) is 15.1 Å². The first-order valence-electron chi connectivity index (χ1n) is 5.92. The molecule has 2 aromatic heterocycles. The van der Waals surface area contributed by atoms with Crippen molar-refractivity contribution in [3.8, 4) is 11.5 Å². The van der Waals surface area contributed by atoms with Crippen LogP contribution in [0.5, 0.6) is 0 Å². The summed E-state index contributed by atoms with van der Waals surface area (Å²) in [5.41, 5.74) is 1.02.